The van der Waals surface area contributed by atoms with Crippen LogP contribution in [0.2, 0.25) is 5.02 Å². The minimum atomic E-state index is -0.283. The molecule has 3 aromatic rings. The fraction of sp³-hybridized carbons (Fsp3) is 0.227. The number of hydrogen-bond donors (Lipinski definition) is 2. The quantitative estimate of drug-likeness (QED) is 0.402. The standard InChI is InChI=1S/C22H22ClN3O2S/c1-4-5-18-20(29-22(25-18)16-6-8-17(23)9-7-16)21(28)26-24-12-15-10-13(2)19(27)14(3)11-15/h6-12,27H,4-5H2,1-3H3,(H,26,28)/b24-12+. The molecule has 0 aliphatic carbocycles. The summed E-state index contributed by atoms with van der Waals surface area (Å²) in [4.78, 5) is 17.9. The van der Waals surface area contributed by atoms with Gasteiger partial charge < -0.3 is 5.11 Å². The SMILES string of the molecule is CCCc1nc(-c2ccc(Cl)cc2)sc1C(=O)N/N=C/c1cc(C)c(O)c(C)c1. The molecule has 0 saturated carbocycles. The van der Waals surface area contributed by atoms with Crippen LogP contribution < -0.4 is 5.43 Å². The van der Waals surface area contributed by atoms with Crippen molar-refractivity contribution in [3.63, 3.8) is 0 Å². The lowest BCUT2D eigenvalue weighted by Crippen LogP contribution is -2.18. The monoisotopic (exact) mass is 427 g/mol. The van der Waals surface area contributed by atoms with Crippen LogP contribution in [0.3, 0.4) is 0 Å². The zero-order valence-corrected chi connectivity index (χ0v) is 18.1. The molecule has 3 rings (SSSR count). The summed E-state index contributed by atoms with van der Waals surface area (Å²) >= 11 is 7.31. The molecule has 0 spiro atoms. The van der Waals surface area contributed by atoms with E-state index in [2.05, 4.69) is 22.4 Å². The number of rotatable bonds is 6. The molecule has 0 aliphatic heterocycles. The van der Waals surface area contributed by atoms with Gasteiger partial charge in [-0.15, -0.1) is 11.3 Å². The zero-order valence-electron chi connectivity index (χ0n) is 16.5. The molecule has 1 amide bonds. The first-order chi connectivity index (χ1) is 13.9. The van der Waals surface area contributed by atoms with E-state index in [0.717, 1.165) is 39.4 Å². The molecule has 1 heterocycles. The maximum absolute atomic E-state index is 12.7. The van der Waals surface area contributed by atoms with E-state index >= 15 is 0 Å². The molecule has 29 heavy (non-hydrogen) atoms. The van der Waals surface area contributed by atoms with Gasteiger partial charge in [-0.3, -0.25) is 4.79 Å². The number of halogens is 1. The number of benzene rings is 2. The predicted octanol–water partition coefficient (Wildman–Crippen LogP) is 5.50. The summed E-state index contributed by atoms with van der Waals surface area (Å²) in [5.74, 6) is -0.00980. The second kappa shape index (κ2) is 9.20. The first-order valence-electron chi connectivity index (χ1n) is 9.28. The summed E-state index contributed by atoms with van der Waals surface area (Å²) < 4.78 is 0. The Labute approximate surface area is 179 Å². The van der Waals surface area contributed by atoms with Gasteiger partial charge in [0.15, 0.2) is 0 Å². The molecule has 0 saturated heterocycles. The number of aromatic hydroxyl groups is 1. The number of nitrogens with one attached hydrogen (secondary N) is 1. The van der Waals surface area contributed by atoms with E-state index in [0.29, 0.717) is 16.3 Å². The molecule has 0 atom stereocenters. The van der Waals surface area contributed by atoms with E-state index in [1.807, 2.05) is 50.2 Å². The molecule has 5 nitrogen and oxygen atoms in total. The van der Waals surface area contributed by atoms with Gasteiger partial charge in [-0.25, -0.2) is 10.4 Å². The average Bonchev–Trinajstić information content (AvgIpc) is 3.11. The number of phenolic OH excluding ortho intramolecular Hbond substituents is 1. The van der Waals surface area contributed by atoms with Crippen molar-refractivity contribution in [2.75, 3.05) is 0 Å². The lowest BCUT2D eigenvalue weighted by Gasteiger charge is -2.04. The largest absolute Gasteiger partial charge is 0.507 e. The summed E-state index contributed by atoms with van der Waals surface area (Å²) in [6.07, 6.45) is 3.17. The number of aryl methyl sites for hydroxylation is 3. The number of hydrogen-bond acceptors (Lipinski definition) is 5. The topological polar surface area (TPSA) is 74.6 Å². The number of hydrazone groups is 1. The van der Waals surface area contributed by atoms with Crippen molar-refractivity contribution < 1.29 is 9.90 Å². The predicted molar refractivity (Wildman–Crippen MR) is 119 cm³/mol. The highest BCUT2D eigenvalue weighted by Crippen LogP contribution is 2.30. The zero-order chi connectivity index (χ0) is 21.0. The van der Waals surface area contributed by atoms with Crippen LogP contribution in [0, 0.1) is 13.8 Å². The molecule has 0 fully saturated rings. The Hall–Kier alpha value is -2.70. The number of carbonyl (C=O) groups is 1. The number of aromatic nitrogens is 1. The molecule has 0 unspecified atom stereocenters. The summed E-state index contributed by atoms with van der Waals surface area (Å²) in [6.45, 7) is 5.70. The average molecular weight is 428 g/mol. The molecule has 2 N–H and O–H groups in total. The molecule has 0 aliphatic rings. The summed E-state index contributed by atoms with van der Waals surface area (Å²) in [5, 5.41) is 15.4. The van der Waals surface area contributed by atoms with Crippen LogP contribution in [0.5, 0.6) is 5.75 Å². The Morgan fingerprint density at radius 2 is 1.90 bits per heavy atom. The highest BCUT2D eigenvalue weighted by Gasteiger charge is 2.18. The van der Waals surface area contributed by atoms with Crippen LogP contribution in [-0.4, -0.2) is 22.2 Å². The van der Waals surface area contributed by atoms with Gasteiger partial charge in [-0.1, -0.05) is 37.1 Å². The maximum atomic E-state index is 12.7. The van der Waals surface area contributed by atoms with Crippen molar-refractivity contribution >= 4 is 35.1 Å². The van der Waals surface area contributed by atoms with Gasteiger partial charge >= 0.3 is 0 Å². The molecule has 7 heteroatoms. The molecule has 1 aromatic heterocycles. The fourth-order valence-electron chi connectivity index (χ4n) is 2.93. The highest BCUT2D eigenvalue weighted by atomic mass is 35.5. The van der Waals surface area contributed by atoms with Crippen molar-refractivity contribution in [2.45, 2.75) is 33.6 Å². The van der Waals surface area contributed by atoms with E-state index in [1.54, 1.807) is 6.21 Å². The van der Waals surface area contributed by atoms with E-state index in [1.165, 1.54) is 11.3 Å². The normalized spacial score (nSPS) is 11.2. The van der Waals surface area contributed by atoms with Gasteiger partial charge in [-0.05, 0) is 61.2 Å². The van der Waals surface area contributed by atoms with Gasteiger partial charge in [0.25, 0.3) is 5.91 Å². The number of phenols is 1. The van der Waals surface area contributed by atoms with Crippen LogP contribution in [0.25, 0.3) is 10.6 Å². The van der Waals surface area contributed by atoms with Crippen LogP contribution in [-0.2, 0) is 6.42 Å². The van der Waals surface area contributed by atoms with Crippen molar-refractivity contribution in [3.8, 4) is 16.3 Å². The Bertz CT molecular complexity index is 1040. The van der Waals surface area contributed by atoms with Crippen molar-refractivity contribution in [2.24, 2.45) is 5.10 Å². The van der Waals surface area contributed by atoms with Gasteiger partial charge in [0.2, 0.25) is 0 Å². The smallest absolute Gasteiger partial charge is 0.283 e. The maximum Gasteiger partial charge on any atom is 0.283 e. The van der Waals surface area contributed by atoms with Crippen LogP contribution in [0.15, 0.2) is 41.5 Å². The molecule has 0 radical (unpaired) electrons. The van der Waals surface area contributed by atoms with Crippen molar-refractivity contribution in [1.29, 1.82) is 0 Å². The number of carbonyl (C=O) groups excluding carboxylic acids is 1. The second-order valence-electron chi connectivity index (χ2n) is 6.75. The van der Waals surface area contributed by atoms with E-state index in [4.69, 9.17) is 11.6 Å². The molecule has 2 aromatic carbocycles. The Morgan fingerprint density at radius 1 is 1.24 bits per heavy atom. The Kier molecular flexibility index (Phi) is 6.67. The van der Waals surface area contributed by atoms with Crippen LogP contribution in [0.1, 0.15) is 45.4 Å². The molecule has 0 bridgehead atoms. The first-order valence-corrected chi connectivity index (χ1v) is 10.5. The van der Waals surface area contributed by atoms with Crippen LogP contribution >= 0.6 is 22.9 Å². The number of thiazole rings is 1. The van der Waals surface area contributed by atoms with Crippen molar-refractivity contribution in [1.82, 2.24) is 10.4 Å². The first kappa shape index (κ1) is 21.0. The lowest BCUT2D eigenvalue weighted by atomic mass is 10.1. The lowest BCUT2D eigenvalue weighted by molar-refractivity contribution is 0.0958. The Morgan fingerprint density at radius 3 is 2.52 bits per heavy atom. The van der Waals surface area contributed by atoms with Gasteiger partial charge in [0.05, 0.1) is 11.9 Å². The highest BCUT2D eigenvalue weighted by molar-refractivity contribution is 7.17. The van der Waals surface area contributed by atoms with E-state index in [-0.39, 0.29) is 11.7 Å². The molecular formula is C22H22ClN3O2S. The summed E-state index contributed by atoms with van der Waals surface area (Å²) in [6, 6.07) is 11.0. The fourth-order valence-corrected chi connectivity index (χ4v) is 4.06. The van der Waals surface area contributed by atoms with Crippen molar-refractivity contribution in [3.05, 3.63) is 68.7 Å². The van der Waals surface area contributed by atoms with E-state index in [9.17, 15) is 9.90 Å². The summed E-state index contributed by atoms with van der Waals surface area (Å²) in [5.41, 5.74) is 6.61. The van der Waals surface area contributed by atoms with E-state index < -0.39 is 0 Å². The minimum Gasteiger partial charge on any atom is -0.507 e. The third-order valence-corrected chi connectivity index (χ3v) is 5.77. The molecule has 150 valence electrons. The third kappa shape index (κ3) is 5.02. The van der Waals surface area contributed by atoms with Gasteiger partial charge in [0.1, 0.15) is 15.6 Å². The molecular weight excluding hydrogens is 406 g/mol. The number of nitrogens with zero attached hydrogens (tertiary/aromatic N) is 2. The summed E-state index contributed by atoms with van der Waals surface area (Å²) in [7, 11) is 0. The van der Waals surface area contributed by atoms with Crippen LogP contribution in [0.4, 0.5) is 0 Å². The van der Waals surface area contributed by atoms with Gasteiger partial charge in [0, 0.05) is 10.6 Å². The Balaban J connectivity index is 1.80. The number of amides is 1. The van der Waals surface area contributed by atoms with Gasteiger partial charge in [-0.2, -0.15) is 5.10 Å². The minimum absolute atomic E-state index is 0.273. The second-order valence-corrected chi connectivity index (χ2v) is 8.19. The third-order valence-electron chi connectivity index (χ3n) is 4.37.